The Morgan fingerprint density at radius 2 is 2.14 bits per heavy atom. The first kappa shape index (κ1) is 16.1. The second kappa shape index (κ2) is 6.20. The van der Waals surface area contributed by atoms with Crippen LogP contribution < -0.4 is 5.32 Å². The van der Waals surface area contributed by atoms with E-state index in [0.29, 0.717) is 12.2 Å². The molecule has 22 heavy (non-hydrogen) atoms. The van der Waals surface area contributed by atoms with Crippen molar-refractivity contribution in [3.05, 3.63) is 35.4 Å². The zero-order valence-electron chi connectivity index (χ0n) is 12.2. The van der Waals surface area contributed by atoms with E-state index >= 15 is 0 Å². The summed E-state index contributed by atoms with van der Waals surface area (Å²) in [6, 6.07) is 2.74. The normalized spacial score (nSPS) is 11.7. The fraction of sp³-hybridized carbons (Fsp3) is 0.462. The van der Waals surface area contributed by atoms with Crippen molar-refractivity contribution in [2.45, 2.75) is 32.6 Å². The minimum atomic E-state index is -4.47. The van der Waals surface area contributed by atoms with Gasteiger partial charge in [0.05, 0.1) is 12.2 Å². The zero-order chi connectivity index (χ0) is 16.3. The molecule has 0 atom stereocenters. The Hall–Kier alpha value is -2.32. The molecule has 0 aliphatic heterocycles. The van der Waals surface area contributed by atoms with E-state index in [4.69, 9.17) is 0 Å². The number of carbonyl (C=O) groups excluding carboxylic acids is 1. The topological polar surface area (TPSA) is 64.7 Å². The van der Waals surface area contributed by atoms with E-state index in [-0.39, 0.29) is 18.9 Å². The number of hydrogen-bond donors (Lipinski definition) is 1. The van der Waals surface area contributed by atoms with Gasteiger partial charge in [-0.15, -0.1) is 0 Å². The summed E-state index contributed by atoms with van der Waals surface area (Å²) < 4.78 is 40.4. The molecule has 0 unspecified atom stereocenters. The van der Waals surface area contributed by atoms with Crippen LogP contribution in [0, 0.1) is 6.92 Å². The molecule has 0 aliphatic carbocycles. The summed E-state index contributed by atoms with van der Waals surface area (Å²) >= 11 is 0. The maximum Gasteiger partial charge on any atom is 0.435 e. The van der Waals surface area contributed by atoms with E-state index in [2.05, 4.69) is 15.5 Å². The molecule has 0 spiro atoms. The van der Waals surface area contributed by atoms with Gasteiger partial charge in [-0.05, 0) is 19.1 Å². The lowest BCUT2D eigenvalue weighted by Gasteiger charge is -2.07. The molecule has 2 heterocycles. The van der Waals surface area contributed by atoms with Gasteiger partial charge in [0.25, 0.3) is 0 Å². The summed E-state index contributed by atoms with van der Waals surface area (Å²) in [6.45, 7) is 1.94. The summed E-state index contributed by atoms with van der Waals surface area (Å²) in [4.78, 5) is 11.7. The van der Waals surface area contributed by atoms with E-state index in [1.165, 1.54) is 11.6 Å². The third kappa shape index (κ3) is 3.86. The van der Waals surface area contributed by atoms with Crippen LogP contribution >= 0.6 is 0 Å². The van der Waals surface area contributed by atoms with Crippen LogP contribution in [0.5, 0.6) is 0 Å². The molecule has 0 radical (unpaired) electrons. The molecule has 0 fully saturated rings. The highest BCUT2D eigenvalue weighted by Crippen LogP contribution is 2.28. The van der Waals surface area contributed by atoms with Crippen LogP contribution in [0.4, 0.5) is 13.2 Å². The smallest absolute Gasteiger partial charge is 0.350 e. The number of nitrogens with zero attached hydrogens (tertiary/aromatic N) is 4. The number of aromatic nitrogens is 4. The van der Waals surface area contributed by atoms with Crippen molar-refractivity contribution in [1.29, 1.82) is 0 Å². The number of nitrogens with one attached hydrogen (secondary N) is 1. The van der Waals surface area contributed by atoms with Crippen molar-refractivity contribution in [3.63, 3.8) is 0 Å². The number of aryl methyl sites for hydroxylation is 3. The van der Waals surface area contributed by atoms with Crippen LogP contribution in [0.1, 0.15) is 23.5 Å². The van der Waals surface area contributed by atoms with Crippen LogP contribution in [-0.2, 0) is 31.1 Å². The first-order valence-corrected chi connectivity index (χ1v) is 6.62. The predicted molar refractivity (Wildman–Crippen MR) is 71.6 cm³/mol. The zero-order valence-corrected chi connectivity index (χ0v) is 12.2. The monoisotopic (exact) mass is 315 g/mol. The van der Waals surface area contributed by atoms with Crippen molar-refractivity contribution >= 4 is 5.91 Å². The van der Waals surface area contributed by atoms with Crippen molar-refractivity contribution in [2.75, 3.05) is 0 Å². The van der Waals surface area contributed by atoms with Gasteiger partial charge in [-0.3, -0.25) is 14.2 Å². The van der Waals surface area contributed by atoms with Gasteiger partial charge in [0, 0.05) is 31.9 Å². The molecule has 2 rings (SSSR count). The molecule has 0 saturated heterocycles. The SMILES string of the molecule is Cc1cc(C(F)(F)F)nn1CCC(=O)NCc1ccnn1C. The molecule has 120 valence electrons. The number of amides is 1. The Labute approximate surface area is 124 Å². The lowest BCUT2D eigenvalue weighted by atomic mass is 10.3. The highest BCUT2D eigenvalue weighted by molar-refractivity contribution is 5.75. The van der Waals surface area contributed by atoms with Crippen molar-refractivity contribution in [3.8, 4) is 0 Å². The second-order valence-corrected chi connectivity index (χ2v) is 4.86. The molecule has 2 aromatic heterocycles. The molecule has 1 N–H and O–H groups in total. The standard InChI is InChI=1S/C13H16F3N5O/c1-9-7-11(13(14,15)16)19-21(9)6-4-12(22)17-8-10-3-5-18-20(10)2/h3,5,7H,4,6,8H2,1-2H3,(H,17,22). The Morgan fingerprint density at radius 1 is 1.41 bits per heavy atom. The first-order valence-electron chi connectivity index (χ1n) is 6.62. The van der Waals surface area contributed by atoms with Gasteiger partial charge in [-0.1, -0.05) is 0 Å². The Morgan fingerprint density at radius 3 is 2.68 bits per heavy atom. The van der Waals surface area contributed by atoms with Gasteiger partial charge in [0.15, 0.2) is 5.69 Å². The van der Waals surface area contributed by atoms with Gasteiger partial charge < -0.3 is 5.32 Å². The molecule has 0 aliphatic rings. The average molecular weight is 315 g/mol. The molecular formula is C13H16F3N5O. The number of halogens is 3. The van der Waals surface area contributed by atoms with E-state index < -0.39 is 11.9 Å². The summed E-state index contributed by atoms with van der Waals surface area (Å²) in [5, 5.41) is 10.1. The van der Waals surface area contributed by atoms with Crippen LogP contribution in [-0.4, -0.2) is 25.5 Å². The van der Waals surface area contributed by atoms with Crippen LogP contribution in [0.15, 0.2) is 18.3 Å². The minimum Gasteiger partial charge on any atom is -0.350 e. The highest BCUT2D eigenvalue weighted by Gasteiger charge is 2.34. The maximum absolute atomic E-state index is 12.5. The summed E-state index contributed by atoms with van der Waals surface area (Å²) in [5.74, 6) is -0.260. The maximum atomic E-state index is 12.5. The third-order valence-corrected chi connectivity index (χ3v) is 3.21. The summed E-state index contributed by atoms with van der Waals surface area (Å²) in [6.07, 6.45) is -2.80. The summed E-state index contributed by atoms with van der Waals surface area (Å²) in [7, 11) is 1.76. The van der Waals surface area contributed by atoms with Gasteiger partial charge in [0.2, 0.25) is 5.91 Å². The molecule has 1 amide bonds. The van der Waals surface area contributed by atoms with Crippen LogP contribution in [0.2, 0.25) is 0 Å². The quantitative estimate of drug-likeness (QED) is 0.912. The van der Waals surface area contributed by atoms with E-state index in [1.807, 2.05) is 0 Å². The van der Waals surface area contributed by atoms with E-state index in [0.717, 1.165) is 11.8 Å². The minimum absolute atomic E-state index is 0.0532. The average Bonchev–Trinajstić information content (AvgIpc) is 3.00. The van der Waals surface area contributed by atoms with E-state index in [1.54, 1.807) is 24.0 Å². The van der Waals surface area contributed by atoms with E-state index in [9.17, 15) is 18.0 Å². The third-order valence-electron chi connectivity index (χ3n) is 3.21. The largest absolute Gasteiger partial charge is 0.435 e. The van der Waals surface area contributed by atoms with Crippen molar-refractivity contribution in [2.24, 2.45) is 7.05 Å². The Balaban J connectivity index is 1.86. The highest BCUT2D eigenvalue weighted by atomic mass is 19.4. The van der Waals surface area contributed by atoms with Gasteiger partial charge in [0.1, 0.15) is 0 Å². The second-order valence-electron chi connectivity index (χ2n) is 4.86. The Bertz CT molecular complexity index is 659. The van der Waals surface area contributed by atoms with Gasteiger partial charge in [-0.2, -0.15) is 23.4 Å². The lowest BCUT2D eigenvalue weighted by molar-refractivity contribution is -0.141. The lowest BCUT2D eigenvalue weighted by Crippen LogP contribution is -2.25. The van der Waals surface area contributed by atoms with Gasteiger partial charge in [-0.25, -0.2) is 0 Å². The number of carbonyl (C=O) groups is 1. The number of hydrogen-bond acceptors (Lipinski definition) is 3. The molecule has 2 aromatic rings. The van der Waals surface area contributed by atoms with Crippen molar-refractivity contribution in [1.82, 2.24) is 24.9 Å². The number of alkyl halides is 3. The number of rotatable bonds is 5. The summed E-state index contributed by atoms with van der Waals surface area (Å²) in [5.41, 5.74) is 0.259. The molecule has 0 aromatic carbocycles. The fourth-order valence-electron chi connectivity index (χ4n) is 1.93. The van der Waals surface area contributed by atoms with Gasteiger partial charge >= 0.3 is 6.18 Å². The molecular weight excluding hydrogens is 299 g/mol. The Kier molecular flexibility index (Phi) is 4.53. The molecule has 0 bridgehead atoms. The van der Waals surface area contributed by atoms with Crippen LogP contribution in [0.3, 0.4) is 0 Å². The molecule has 6 nitrogen and oxygen atoms in total. The molecule has 0 saturated carbocycles. The van der Waals surface area contributed by atoms with Crippen LogP contribution in [0.25, 0.3) is 0 Å². The van der Waals surface area contributed by atoms with Crippen molar-refractivity contribution < 1.29 is 18.0 Å². The molecule has 9 heteroatoms. The fourth-order valence-corrected chi connectivity index (χ4v) is 1.93. The predicted octanol–water partition coefficient (Wildman–Crippen LogP) is 1.65. The first-order chi connectivity index (χ1) is 10.3.